The van der Waals surface area contributed by atoms with Crippen LogP contribution in [0, 0.1) is 0 Å². The Kier molecular flexibility index (Phi) is 3.28. The Morgan fingerprint density at radius 2 is 2.20 bits per heavy atom. The van der Waals surface area contributed by atoms with E-state index in [0.29, 0.717) is 17.6 Å². The summed E-state index contributed by atoms with van der Waals surface area (Å²) in [4.78, 5) is 11.3. The summed E-state index contributed by atoms with van der Waals surface area (Å²) in [5.74, 6) is -0.972. The van der Waals surface area contributed by atoms with Gasteiger partial charge in [-0.25, -0.2) is 9.48 Å². The summed E-state index contributed by atoms with van der Waals surface area (Å²) >= 11 is 5.93. The van der Waals surface area contributed by atoms with E-state index in [-0.39, 0.29) is 5.56 Å². The maximum absolute atomic E-state index is 11.3. The van der Waals surface area contributed by atoms with Gasteiger partial charge in [0.05, 0.1) is 12.1 Å². The first-order valence-electron chi connectivity index (χ1n) is 6.25. The van der Waals surface area contributed by atoms with Crippen molar-refractivity contribution in [3.05, 3.63) is 46.5 Å². The summed E-state index contributed by atoms with van der Waals surface area (Å²) in [6.45, 7) is 0.529. The number of rotatable bonds is 3. The maximum atomic E-state index is 11.3. The zero-order valence-electron chi connectivity index (χ0n) is 10.6. The van der Waals surface area contributed by atoms with Crippen molar-refractivity contribution in [3.8, 4) is 0 Å². The van der Waals surface area contributed by atoms with Gasteiger partial charge in [0, 0.05) is 5.03 Å². The van der Waals surface area contributed by atoms with Crippen molar-refractivity contribution < 1.29 is 9.90 Å². The Hall–Kier alpha value is -2.14. The molecule has 0 fully saturated rings. The zero-order chi connectivity index (χ0) is 14.1. The van der Waals surface area contributed by atoms with Gasteiger partial charge < -0.3 is 5.11 Å². The fourth-order valence-corrected chi connectivity index (χ4v) is 2.45. The molecule has 1 heterocycles. The normalized spacial score (nSPS) is 15.1. The predicted molar refractivity (Wildman–Crippen MR) is 75.7 cm³/mol. The average Bonchev–Trinajstić information content (AvgIpc) is 2.84. The third-order valence-corrected chi connectivity index (χ3v) is 3.62. The molecule has 1 aliphatic rings. The molecule has 0 spiro atoms. The van der Waals surface area contributed by atoms with Crippen LogP contribution < -0.4 is 0 Å². The minimum atomic E-state index is -0.972. The first kappa shape index (κ1) is 12.9. The number of halogens is 1. The molecule has 0 bridgehead atoms. The molecule has 1 aromatic heterocycles. The number of benzene rings is 1. The van der Waals surface area contributed by atoms with Crippen LogP contribution in [0.3, 0.4) is 0 Å². The Morgan fingerprint density at radius 3 is 2.90 bits per heavy atom. The number of nitrogens with zero attached hydrogens (tertiary/aromatic N) is 3. The molecular weight excluding hydrogens is 278 g/mol. The first-order valence-corrected chi connectivity index (χ1v) is 6.62. The first-order chi connectivity index (χ1) is 9.65. The molecule has 0 saturated carbocycles. The third kappa shape index (κ3) is 2.32. The fraction of sp³-hybridized carbons (Fsp3) is 0.214. The van der Waals surface area contributed by atoms with E-state index < -0.39 is 5.97 Å². The van der Waals surface area contributed by atoms with Gasteiger partial charge in [0.1, 0.15) is 11.0 Å². The van der Waals surface area contributed by atoms with Gasteiger partial charge >= 0.3 is 5.97 Å². The van der Waals surface area contributed by atoms with Gasteiger partial charge in [-0.15, -0.1) is 5.10 Å². The van der Waals surface area contributed by atoms with Crippen molar-refractivity contribution in [3.63, 3.8) is 0 Å². The Morgan fingerprint density at radius 1 is 1.35 bits per heavy atom. The number of para-hydroxylation sites is 1. The van der Waals surface area contributed by atoms with E-state index in [1.165, 1.54) is 0 Å². The molecule has 0 saturated heterocycles. The van der Waals surface area contributed by atoms with Gasteiger partial charge in [0.2, 0.25) is 0 Å². The second-order valence-corrected chi connectivity index (χ2v) is 5.15. The molecule has 1 aromatic carbocycles. The second kappa shape index (κ2) is 5.09. The van der Waals surface area contributed by atoms with Gasteiger partial charge in [-0.1, -0.05) is 29.0 Å². The molecular formula is C14H12ClN3O2. The minimum Gasteiger partial charge on any atom is -0.478 e. The quantitative estimate of drug-likeness (QED) is 0.943. The molecule has 3 rings (SSSR count). The van der Waals surface area contributed by atoms with E-state index in [0.717, 1.165) is 23.4 Å². The van der Waals surface area contributed by atoms with E-state index in [4.69, 9.17) is 11.6 Å². The van der Waals surface area contributed by atoms with Crippen LogP contribution in [0.5, 0.6) is 0 Å². The van der Waals surface area contributed by atoms with Crippen LogP contribution >= 0.6 is 11.6 Å². The van der Waals surface area contributed by atoms with Crippen molar-refractivity contribution in [2.45, 2.75) is 19.4 Å². The number of fused-ring (bicyclic) bond motifs is 1. The zero-order valence-corrected chi connectivity index (χ0v) is 11.3. The molecule has 2 aromatic rings. The van der Waals surface area contributed by atoms with Crippen molar-refractivity contribution in [2.24, 2.45) is 0 Å². The summed E-state index contributed by atoms with van der Waals surface area (Å²) in [6.07, 6.45) is 5.50. The molecule has 0 unspecified atom stereocenters. The van der Waals surface area contributed by atoms with E-state index in [9.17, 15) is 9.90 Å². The number of hydrogen-bond acceptors (Lipinski definition) is 3. The molecule has 1 aliphatic carbocycles. The van der Waals surface area contributed by atoms with Crippen molar-refractivity contribution in [1.29, 1.82) is 0 Å². The second-order valence-electron chi connectivity index (χ2n) is 4.66. The number of allylic oxidation sites excluding steroid dienone is 4. The average molecular weight is 290 g/mol. The van der Waals surface area contributed by atoms with Crippen LogP contribution in [0.4, 0.5) is 0 Å². The summed E-state index contributed by atoms with van der Waals surface area (Å²) in [7, 11) is 0. The number of aromatic nitrogens is 3. The molecule has 0 amide bonds. The van der Waals surface area contributed by atoms with Crippen LogP contribution in [0.1, 0.15) is 23.2 Å². The largest absolute Gasteiger partial charge is 0.478 e. The molecule has 102 valence electrons. The summed E-state index contributed by atoms with van der Waals surface area (Å²) in [5, 5.41) is 18.2. The predicted octanol–water partition coefficient (Wildman–Crippen LogP) is 2.97. The summed E-state index contributed by atoms with van der Waals surface area (Å²) < 4.78 is 1.64. The van der Waals surface area contributed by atoms with Crippen LogP contribution in [0.25, 0.3) is 11.0 Å². The molecule has 1 N–H and O–H groups in total. The maximum Gasteiger partial charge on any atom is 0.337 e. The highest BCUT2D eigenvalue weighted by molar-refractivity contribution is 6.29. The topological polar surface area (TPSA) is 68.0 Å². The van der Waals surface area contributed by atoms with E-state index in [1.807, 2.05) is 12.2 Å². The minimum absolute atomic E-state index is 0.220. The lowest BCUT2D eigenvalue weighted by molar-refractivity contribution is 0.0698. The highest BCUT2D eigenvalue weighted by Gasteiger charge is 2.15. The van der Waals surface area contributed by atoms with Crippen LogP contribution in [-0.2, 0) is 6.54 Å². The lowest BCUT2D eigenvalue weighted by Crippen LogP contribution is -2.08. The van der Waals surface area contributed by atoms with E-state index in [2.05, 4.69) is 10.3 Å². The molecule has 0 atom stereocenters. The Bertz CT molecular complexity index is 746. The highest BCUT2D eigenvalue weighted by Crippen LogP contribution is 2.24. The number of carbonyl (C=O) groups is 1. The van der Waals surface area contributed by atoms with Gasteiger partial charge in [0.15, 0.2) is 0 Å². The number of aromatic carboxylic acids is 1. The van der Waals surface area contributed by atoms with Gasteiger partial charge in [0.25, 0.3) is 0 Å². The van der Waals surface area contributed by atoms with Gasteiger partial charge in [-0.2, -0.15) is 0 Å². The molecule has 5 nitrogen and oxygen atoms in total. The lowest BCUT2D eigenvalue weighted by Gasteiger charge is -2.11. The monoisotopic (exact) mass is 289 g/mol. The van der Waals surface area contributed by atoms with Gasteiger partial charge in [-0.3, -0.25) is 0 Å². The molecule has 0 radical (unpaired) electrons. The van der Waals surface area contributed by atoms with Crippen LogP contribution in [-0.4, -0.2) is 26.1 Å². The van der Waals surface area contributed by atoms with Crippen molar-refractivity contribution >= 4 is 28.6 Å². The standard InChI is InChI=1S/C14H12ClN3O2/c15-10-6-4-9(5-7-10)8-18-13-11(14(19)20)2-1-3-12(13)16-17-18/h1-4,6H,5,7-8H2,(H,19,20). The molecule has 0 aliphatic heterocycles. The van der Waals surface area contributed by atoms with Crippen molar-refractivity contribution in [1.82, 2.24) is 15.0 Å². The Balaban J connectivity index is 2.02. The number of carboxylic acids is 1. The summed E-state index contributed by atoms with van der Waals surface area (Å²) in [6, 6.07) is 5.00. The van der Waals surface area contributed by atoms with Crippen LogP contribution in [0.15, 0.2) is 41.0 Å². The third-order valence-electron chi connectivity index (χ3n) is 3.30. The number of carboxylic acid groups (broad SMARTS) is 1. The van der Waals surface area contributed by atoms with Crippen molar-refractivity contribution in [2.75, 3.05) is 0 Å². The Labute approximate surface area is 120 Å². The molecule has 20 heavy (non-hydrogen) atoms. The van der Waals surface area contributed by atoms with E-state index >= 15 is 0 Å². The summed E-state index contributed by atoms with van der Waals surface area (Å²) in [5.41, 5.74) is 2.52. The molecule has 6 heteroatoms. The van der Waals surface area contributed by atoms with Crippen LogP contribution in [0.2, 0.25) is 0 Å². The SMILES string of the molecule is O=C(O)c1cccc2nnn(CC3=CC=C(Cl)CC3)c12. The van der Waals surface area contributed by atoms with E-state index in [1.54, 1.807) is 22.9 Å². The smallest absolute Gasteiger partial charge is 0.337 e. The lowest BCUT2D eigenvalue weighted by atomic mass is 10.0. The number of hydrogen-bond donors (Lipinski definition) is 1. The van der Waals surface area contributed by atoms with Gasteiger partial charge in [-0.05, 0) is 36.6 Å². The highest BCUT2D eigenvalue weighted by atomic mass is 35.5. The fourth-order valence-electron chi connectivity index (χ4n) is 2.29.